The molecule has 0 amide bonds. The van der Waals surface area contributed by atoms with Gasteiger partial charge in [0.15, 0.2) is 0 Å². The smallest absolute Gasteiger partial charge is 0.0462 e. The number of fused-ring (bicyclic) bond motifs is 2. The van der Waals surface area contributed by atoms with Crippen molar-refractivity contribution in [2.24, 2.45) is 0 Å². The quantitative estimate of drug-likeness (QED) is 0.228. The average molecular weight is 478 g/mol. The predicted molar refractivity (Wildman–Crippen MR) is 161 cm³/mol. The van der Waals surface area contributed by atoms with Gasteiger partial charge in [-0.1, -0.05) is 90.0 Å². The number of anilines is 3. The van der Waals surface area contributed by atoms with Crippen LogP contribution in [0.5, 0.6) is 0 Å². The van der Waals surface area contributed by atoms with E-state index in [1.807, 2.05) is 0 Å². The summed E-state index contributed by atoms with van der Waals surface area (Å²) in [6.07, 6.45) is 9.07. The molecule has 1 aliphatic carbocycles. The van der Waals surface area contributed by atoms with E-state index in [1.165, 1.54) is 50.6 Å². The van der Waals surface area contributed by atoms with Crippen molar-refractivity contribution in [2.75, 3.05) is 4.90 Å². The molecule has 6 rings (SSSR count). The van der Waals surface area contributed by atoms with E-state index in [1.54, 1.807) is 0 Å². The van der Waals surface area contributed by atoms with E-state index in [2.05, 4.69) is 146 Å². The minimum Gasteiger partial charge on any atom is -0.311 e. The van der Waals surface area contributed by atoms with Crippen LogP contribution in [0.3, 0.4) is 0 Å². The highest BCUT2D eigenvalue weighted by molar-refractivity contribution is 5.89. The summed E-state index contributed by atoms with van der Waals surface area (Å²) in [6, 6.07) is 39.5. The molecule has 0 N–H and O–H groups in total. The van der Waals surface area contributed by atoms with Gasteiger partial charge >= 0.3 is 0 Å². The molecule has 0 bridgehead atoms. The number of hydrogen-bond acceptors (Lipinski definition) is 1. The topological polar surface area (TPSA) is 3.24 Å². The maximum absolute atomic E-state index is 2.38. The van der Waals surface area contributed by atoms with Crippen LogP contribution in [0.1, 0.15) is 41.2 Å². The van der Waals surface area contributed by atoms with Gasteiger partial charge < -0.3 is 4.90 Å². The molecule has 0 saturated carbocycles. The second-order valence-corrected chi connectivity index (χ2v) is 10.1. The molecule has 0 fully saturated rings. The van der Waals surface area contributed by atoms with Gasteiger partial charge in [-0.05, 0) is 108 Å². The zero-order chi connectivity index (χ0) is 25.2. The number of rotatable bonds is 5. The van der Waals surface area contributed by atoms with Crippen molar-refractivity contribution in [3.05, 3.63) is 143 Å². The predicted octanol–water partition coefficient (Wildman–Crippen LogP) is 10.1. The monoisotopic (exact) mass is 477 g/mol. The third kappa shape index (κ3) is 4.99. The van der Waals surface area contributed by atoms with E-state index in [0.29, 0.717) is 0 Å². The number of aryl methyl sites for hydroxylation is 2. The Hall–Kier alpha value is -4.36. The molecule has 0 radical (unpaired) electrons. The van der Waals surface area contributed by atoms with E-state index in [4.69, 9.17) is 0 Å². The average Bonchev–Trinajstić information content (AvgIpc) is 2.93. The maximum atomic E-state index is 2.38. The fourth-order valence-corrected chi connectivity index (χ4v) is 5.15. The highest BCUT2D eigenvalue weighted by Gasteiger charge is 2.12. The normalized spacial score (nSPS) is 13.0. The Morgan fingerprint density at radius 1 is 0.568 bits per heavy atom. The summed E-state index contributed by atoms with van der Waals surface area (Å²) in [5, 5.41) is 2.63. The van der Waals surface area contributed by atoms with Gasteiger partial charge in [0.25, 0.3) is 0 Å². The van der Waals surface area contributed by atoms with Crippen LogP contribution in [0.15, 0.2) is 115 Å². The lowest BCUT2D eigenvalue weighted by Crippen LogP contribution is -2.09. The molecule has 1 nitrogen and oxygen atoms in total. The molecule has 37 heavy (non-hydrogen) atoms. The van der Waals surface area contributed by atoms with Crippen molar-refractivity contribution in [2.45, 2.75) is 26.7 Å². The van der Waals surface area contributed by atoms with Crippen LogP contribution in [0, 0.1) is 6.92 Å². The molecule has 5 aromatic carbocycles. The third-order valence-electron chi connectivity index (χ3n) is 7.24. The second kappa shape index (κ2) is 9.95. The van der Waals surface area contributed by atoms with Crippen molar-refractivity contribution in [1.82, 2.24) is 0 Å². The number of hydrogen-bond donors (Lipinski definition) is 0. The largest absolute Gasteiger partial charge is 0.311 e. The van der Waals surface area contributed by atoms with Gasteiger partial charge in [0.1, 0.15) is 0 Å². The Bertz CT molecular complexity index is 1600. The van der Waals surface area contributed by atoms with Crippen LogP contribution in [0.25, 0.3) is 29.0 Å². The van der Waals surface area contributed by atoms with Crippen molar-refractivity contribution < 1.29 is 0 Å². The second-order valence-electron chi connectivity index (χ2n) is 10.1. The third-order valence-corrected chi connectivity index (χ3v) is 7.24. The highest BCUT2D eigenvalue weighted by atomic mass is 15.1. The number of nitrogens with zero attached hydrogens (tertiary/aromatic N) is 1. The molecule has 1 aliphatic rings. The fourth-order valence-electron chi connectivity index (χ4n) is 5.15. The Kier molecular flexibility index (Phi) is 6.20. The molecular weight excluding hydrogens is 446 g/mol. The van der Waals surface area contributed by atoms with Gasteiger partial charge in [-0.2, -0.15) is 0 Å². The van der Waals surface area contributed by atoms with Crippen molar-refractivity contribution in [1.29, 1.82) is 0 Å². The molecule has 0 saturated heterocycles. The van der Waals surface area contributed by atoms with Gasteiger partial charge in [-0.15, -0.1) is 0 Å². The van der Waals surface area contributed by atoms with Crippen molar-refractivity contribution in [3.63, 3.8) is 0 Å². The highest BCUT2D eigenvalue weighted by Crippen LogP contribution is 2.35. The zero-order valence-corrected chi connectivity index (χ0v) is 21.5. The molecular formula is C36H31N. The number of allylic oxidation sites excluding steroid dienone is 1. The first-order chi connectivity index (χ1) is 18.1. The van der Waals surface area contributed by atoms with Gasteiger partial charge in [-0.25, -0.2) is 0 Å². The van der Waals surface area contributed by atoms with Crippen LogP contribution in [0.2, 0.25) is 0 Å². The maximum Gasteiger partial charge on any atom is 0.0462 e. The van der Waals surface area contributed by atoms with E-state index in [-0.39, 0.29) is 0 Å². The van der Waals surface area contributed by atoms with E-state index in [9.17, 15) is 0 Å². The van der Waals surface area contributed by atoms with Crippen LogP contribution in [-0.4, -0.2) is 0 Å². The summed E-state index contributed by atoms with van der Waals surface area (Å²) < 4.78 is 0. The van der Waals surface area contributed by atoms with Gasteiger partial charge in [0.05, 0.1) is 0 Å². The SMILES string of the molecule is CC1=Cc2cc3ccc(C=Cc4ccc(N(c5ccccc5)c5ccc(C)cc5)cc4)cc3cc2CC1. The summed E-state index contributed by atoms with van der Waals surface area (Å²) in [5.41, 5.74) is 11.5. The molecule has 0 heterocycles. The minimum absolute atomic E-state index is 1.14. The molecule has 0 unspecified atom stereocenters. The Morgan fingerprint density at radius 2 is 1.22 bits per heavy atom. The van der Waals surface area contributed by atoms with E-state index >= 15 is 0 Å². The fraction of sp³-hybridized carbons (Fsp3) is 0.111. The number of benzene rings is 5. The first kappa shape index (κ1) is 23.1. The standard InChI is InChI=1S/C36H31N/c1-26-9-18-35(19-10-26)37(34-6-4-3-5-7-34)36-20-14-28(15-21-36)11-12-29-13-17-31-24-32-22-27(2)8-16-30(32)25-33(31)23-29/h3-7,9-15,17-25H,8,16H2,1-2H3. The summed E-state index contributed by atoms with van der Waals surface area (Å²) in [4.78, 5) is 2.30. The zero-order valence-electron chi connectivity index (χ0n) is 21.5. The summed E-state index contributed by atoms with van der Waals surface area (Å²) in [5.74, 6) is 0. The summed E-state index contributed by atoms with van der Waals surface area (Å²) in [6.45, 7) is 4.36. The van der Waals surface area contributed by atoms with Crippen LogP contribution < -0.4 is 4.90 Å². The van der Waals surface area contributed by atoms with Gasteiger partial charge in [-0.3, -0.25) is 0 Å². The molecule has 0 spiro atoms. The summed E-state index contributed by atoms with van der Waals surface area (Å²) in [7, 11) is 0. The lowest BCUT2D eigenvalue weighted by atomic mass is 9.90. The van der Waals surface area contributed by atoms with E-state index in [0.717, 1.165) is 23.5 Å². The Labute approximate surface area is 220 Å². The molecule has 5 aromatic rings. The van der Waals surface area contributed by atoms with Crippen LogP contribution in [0.4, 0.5) is 17.1 Å². The molecule has 0 atom stereocenters. The first-order valence-electron chi connectivity index (χ1n) is 13.1. The lowest BCUT2D eigenvalue weighted by Gasteiger charge is -2.25. The molecule has 0 aliphatic heterocycles. The summed E-state index contributed by atoms with van der Waals surface area (Å²) >= 11 is 0. The Balaban J connectivity index is 1.26. The van der Waals surface area contributed by atoms with Crippen molar-refractivity contribution in [3.8, 4) is 0 Å². The molecule has 180 valence electrons. The molecule has 0 aromatic heterocycles. The van der Waals surface area contributed by atoms with Crippen LogP contribution >= 0.6 is 0 Å². The minimum atomic E-state index is 1.14. The number of para-hydroxylation sites is 1. The van der Waals surface area contributed by atoms with Gasteiger partial charge in [0, 0.05) is 17.1 Å². The van der Waals surface area contributed by atoms with E-state index < -0.39 is 0 Å². The van der Waals surface area contributed by atoms with Crippen LogP contribution in [-0.2, 0) is 6.42 Å². The van der Waals surface area contributed by atoms with Crippen molar-refractivity contribution >= 4 is 46.1 Å². The Morgan fingerprint density at radius 3 is 1.97 bits per heavy atom. The first-order valence-corrected chi connectivity index (χ1v) is 13.1. The lowest BCUT2D eigenvalue weighted by molar-refractivity contribution is 0.930. The molecule has 1 heteroatoms. The van der Waals surface area contributed by atoms with Gasteiger partial charge in [0.2, 0.25) is 0 Å².